The Balaban J connectivity index is 0.00000138. The number of ether oxygens (including phenoxy) is 14. The van der Waals surface area contributed by atoms with Crippen molar-refractivity contribution in [3.8, 4) is 0 Å². The van der Waals surface area contributed by atoms with Gasteiger partial charge < -0.3 is 66.3 Å². The van der Waals surface area contributed by atoms with Gasteiger partial charge in [-0.1, -0.05) is 205 Å². The molecule has 3 aliphatic heterocycles. The summed E-state index contributed by atoms with van der Waals surface area (Å²) in [5.41, 5.74) is 0. The third kappa shape index (κ3) is 39.3. The highest BCUT2D eigenvalue weighted by atomic mass is 16.7. The van der Waals surface area contributed by atoms with Crippen molar-refractivity contribution >= 4 is 17.9 Å². The molecule has 3 rings (SSSR count). The normalized spacial score (nSPS) is 26.0. The zero-order valence-electron chi connectivity index (χ0n) is 71.3. The summed E-state index contributed by atoms with van der Waals surface area (Å²) in [6.07, 6.45) is 11.6. The number of hydrogen-bond acceptors (Lipinski definition) is 18. The molecule has 0 spiro atoms. The smallest absolute Gasteiger partial charge is 0.306 e. The first kappa shape index (κ1) is 99.9. The SMILES string of the molecule is CCC(CC)CC(=O)OCCOCCOC1OC(CC)C(C)C(C)C1C.CCC1OC(OCCOCCOC(C)=O)C(C)C(C)C1C.CCCCC(C(C(C)C)C(C)C)C(C(C)C)C(C)C.CCCOC(OCC(CC)CC(=O)OCCOCCOC1OC(CC)C(C)C(C)C1C)N(C)C(C)C. The Bertz CT molecular complexity index is 1990. The Morgan fingerprint density at radius 3 is 1.02 bits per heavy atom. The molecular formula is C84H165NO17. The molecule has 102 heavy (non-hydrogen) atoms. The van der Waals surface area contributed by atoms with Gasteiger partial charge in [-0.2, -0.15) is 0 Å². The van der Waals surface area contributed by atoms with Crippen LogP contribution in [0, 0.1) is 107 Å². The summed E-state index contributed by atoms with van der Waals surface area (Å²) in [6, 6.07) is 0.293. The highest BCUT2D eigenvalue weighted by molar-refractivity contribution is 5.70. The Hall–Kier alpha value is -2.07. The number of carbonyl (C=O) groups is 3. The van der Waals surface area contributed by atoms with Crippen LogP contribution < -0.4 is 0 Å². The van der Waals surface area contributed by atoms with E-state index in [1.54, 1.807) is 0 Å². The summed E-state index contributed by atoms with van der Waals surface area (Å²) in [5.74, 6) is 10.2. The van der Waals surface area contributed by atoms with E-state index in [0.29, 0.717) is 157 Å². The summed E-state index contributed by atoms with van der Waals surface area (Å²) in [5, 5.41) is 0. The van der Waals surface area contributed by atoms with Crippen molar-refractivity contribution in [1.82, 2.24) is 4.90 Å². The molecule has 18 heteroatoms. The summed E-state index contributed by atoms with van der Waals surface area (Å²) in [7, 11) is 1.98. The zero-order valence-corrected chi connectivity index (χ0v) is 71.3. The zero-order chi connectivity index (χ0) is 77.6. The van der Waals surface area contributed by atoms with Crippen LogP contribution in [-0.4, -0.2) is 172 Å². The summed E-state index contributed by atoms with van der Waals surface area (Å²) < 4.78 is 79.7. The van der Waals surface area contributed by atoms with E-state index in [1.807, 2.05) is 11.9 Å². The predicted octanol–water partition coefficient (Wildman–Crippen LogP) is 18.8. The van der Waals surface area contributed by atoms with E-state index in [1.165, 1.54) is 26.2 Å². The standard InChI is InChI=1S/C28H55NO7.C21H40O5.C19H40.C16H30O5/c1-10-13-34-28(29(9)20(4)5)35-19-24(11-2)18-26(30)32-16-14-31-15-17-33-27-23(8)21(6)22(7)25(12-3)36-27;1-7-18(8-2)14-20(22)24-12-10-23-11-13-25-21-17(6)15(4)16(5)19(9-3)26-21;1-10-11-12-17(18(13(2)3)14(4)5)19(15(6)7)16(8)9;1-6-15-12(3)11(2)13(4)16(21-15)20-10-8-18-7-9-19-14(5)17/h20-25,27-28H,10-19H2,1-9H3;15-19,21H,7-14H2,1-6H3;13-19H,10-12H2,1-9H3;11-13,15-16H,6-10H2,1-5H3. The van der Waals surface area contributed by atoms with Crippen molar-refractivity contribution in [3.63, 3.8) is 0 Å². The monoisotopic (exact) mass is 1460 g/mol. The molecule has 0 aromatic heterocycles. The third-order valence-electron chi connectivity index (χ3n) is 22.9. The van der Waals surface area contributed by atoms with Crippen LogP contribution in [0.3, 0.4) is 0 Å². The topological polar surface area (TPSA) is 184 Å². The Labute approximate surface area is 627 Å². The fraction of sp³-hybridized carbons (Fsp3) is 0.964. The van der Waals surface area contributed by atoms with Crippen LogP contribution in [-0.2, 0) is 80.7 Å². The van der Waals surface area contributed by atoms with Crippen molar-refractivity contribution in [2.45, 2.75) is 321 Å². The Morgan fingerprint density at radius 2 is 0.725 bits per heavy atom. The van der Waals surface area contributed by atoms with Crippen LogP contribution in [0.5, 0.6) is 0 Å². The maximum atomic E-state index is 12.3. The van der Waals surface area contributed by atoms with Crippen molar-refractivity contribution in [2.75, 3.05) is 99.5 Å². The van der Waals surface area contributed by atoms with Crippen molar-refractivity contribution in [1.29, 1.82) is 0 Å². The molecule has 0 aromatic carbocycles. The van der Waals surface area contributed by atoms with E-state index in [4.69, 9.17) is 66.3 Å². The lowest BCUT2D eigenvalue weighted by atomic mass is 9.63. The molecule has 0 aromatic rings. The first-order chi connectivity index (χ1) is 48.3. The van der Waals surface area contributed by atoms with Crippen LogP contribution in [0.15, 0.2) is 0 Å². The van der Waals surface area contributed by atoms with Gasteiger partial charge in [0.15, 0.2) is 18.9 Å². The van der Waals surface area contributed by atoms with Crippen LogP contribution in [0.25, 0.3) is 0 Å². The molecule has 0 saturated carbocycles. The van der Waals surface area contributed by atoms with E-state index < -0.39 is 6.41 Å². The summed E-state index contributed by atoms with van der Waals surface area (Å²) in [4.78, 5) is 36.6. The van der Waals surface area contributed by atoms with Crippen LogP contribution in [0.4, 0.5) is 0 Å². The second-order valence-corrected chi connectivity index (χ2v) is 31.9. The number of unbranched alkanes of at least 4 members (excludes halogenated alkanes) is 1. The molecule has 17 atom stereocenters. The molecule has 608 valence electrons. The average molecular weight is 1460 g/mol. The minimum atomic E-state index is -0.410. The molecule has 0 amide bonds. The van der Waals surface area contributed by atoms with E-state index in [9.17, 15) is 14.4 Å². The first-order valence-corrected chi connectivity index (χ1v) is 41.2. The quantitative estimate of drug-likeness (QED) is 0.0242. The van der Waals surface area contributed by atoms with Gasteiger partial charge in [-0.3, -0.25) is 19.3 Å². The van der Waals surface area contributed by atoms with E-state index in [-0.39, 0.29) is 74.2 Å². The van der Waals surface area contributed by atoms with Gasteiger partial charge in [0.25, 0.3) is 0 Å². The molecule has 0 bridgehead atoms. The first-order valence-electron chi connectivity index (χ1n) is 41.2. The molecular weight excluding hydrogens is 1290 g/mol. The van der Waals surface area contributed by atoms with Crippen LogP contribution >= 0.6 is 0 Å². The number of carbonyl (C=O) groups excluding carboxylic acids is 3. The molecule has 3 aliphatic rings. The molecule has 0 radical (unpaired) electrons. The number of nitrogens with zero attached hydrogens (tertiary/aromatic N) is 1. The average Bonchev–Trinajstić information content (AvgIpc) is 0.839. The lowest BCUT2D eigenvalue weighted by Crippen LogP contribution is -2.45. The maximum Gasteiger partial charge on any atom is 0.306 e. The lowest BCUT2D eigenvalue weighted by Gasteiger charge is -2.43. The Kier molecular flexibility index (Phi) is 56.8. The summed E-state index contributed by atoms with van der Waals surface area (Å²) in [6.45, 7) is 68.3. The molecule has 3 fully saturated rings. The minimum Gasteiger partial charge on any atom is -0.463 e. The summed E-state index contributed by atoms with van der Waals surface area (Å²) >= 11 is 0. The fourth-order valence-electron chi connectivity index (χ4n) is 15.1. The highest BCUT2D eigenvalue weighted by Crippen LogP contribution is 2.43. The molecule has 0 N–H and O–H groups in total. The third-order valence-corrected chi connectivity index (χ3v) is 22.9. The number of rotatable bonds is 48. The highest BCUT2D eigenvalue weighted by Gasteiger charge is 2.42. The van der Waals surface area contributed by atoms with E-state index in [0.717, 1.165) is 86.4 Å². The fourth-order valence-corrected chi connectivity index (χ4v) is 15.1. The predicted molar refractivity (Wildman–Crippen MR) is 414 cm³/mol. The van der Waals surface area contributed by atoms with Gasteiger partial charge in [0.1, 0.15) is 19.8 Å². The van der Waals surface area contributed by atoms with Crippen molar-refractivity contribution in [3.05, 3.63) is 0 Å². The van der Waals surface area contributed by atoms with Gasteiger partial charge in [0, 0.05) is 37.1 Å². The minimum absolute atomic E-state index is 0.0784. The van der Waals surface area contributed by atoms with Gasteiger partial charge in [-0.25, -0.2) is 0 Å². The maximum absolute atomic E-state index is 12.3. The second-order valence-electron chi connectivity index (χ2n) is 31.9. The van der Waals surface area contributed by atoms with Crippen LogP contribution in [0.1, 0.15) is 271 Å². The van der Waals surface area contributed by atoms with Gasteiger partial charge in [-0.15, -0.1) is 0 Å². The van der Waals surface area contributed by atoms with E-state index in [2.05, 4.69) is 187 Å². The van der Waals surface area contributed by atoms with Gasteiger partial charge >= 0.3 is 17.9 Å². The van der Waals surface area contributed by atoms with Gasteiger partial charge in [0.05, 0.1) is 97.4 Å². The van der Waals surface area contributed by atoms with Crippen molar-refractivity contribution in [2.24, 2.45) is 107 Å². The van der Waals surface area contributed by atoms with E-state index >= 15 is 0 Å². The molecule has 18 nitrogen and oxygen atoms in total. The number of esters is 3. The van der Waals surface area contributed by atoms with Crippen LogP contribution in [0.2, 0.25) is 0 Å². The largest absolute Gasteiger partial charge is 0.463 e. The Morgan fingerprint density at radius 1 is 0.392 bits per heavy atom. The van der Waals surface area contributed by atoms with Gasteiger partial charge in [0.2, 0.25) is 6.41 Å². The molecule has 17 unspecified atom stereocenters. The lowest BCUT2D eigenvalue weighted by molar-refractivity contribution is -0.251. The molecule has 3 saturated heterocycles. The van der Waals surface area contributed by atoms with Crippen molar-refractivity contribution < 1.29 is 80.7 Å². The molecule has 3 heterocycles. The molecule has 0 aliphatic carbocycles. The second kappa shape index (κ2) is 58.0. The number of hydrogen-bond donors (Lipinski definition) is 0. The van der Waals surface area contributed by atoms with Gasteiger partial charge in [-0.05, 0) is 142 Å².